The zero-order valence-electron chi connectivity index (χ0n) is 8.27. The molecule has 0 amide bonds. The zero-order chi connectivity index (χ0) is 9.60. The van der Waals surface area contributed by atoms with Crippen molar-refractivity contribution in [1.29, 1.82) is 0 Å². The lowest BCUT2D eigenvalue weighted by Gasteiger charge is -2.31. The van der Waals surface area contributed by atoms with Gasteiger partial charge in [0.05, 0.1) is 5.69 Å². The van der Waals surface area contributed by atoms with Gasteiger partial charge < -0.3 is 9.40 Å². The molecule has 2 aliphatic rings. The number of nitrogens with one attached hydrogen (secondary N) is 1. The number of hydrogen-bond acceptors (Lipinski definition) is 2. The van der Waals surface area contributed by atoms with Crippen molar-refractivity contribution >= 4 is 12.2 Å². The number of H-pyrrole nitrogens is 1. The van der Waals surface area contributed by atoms with Crippen molar-refractivity contribution in [3.8, 4) is 0 Å². The molecule has 2 nitrogen and oxygen atoms in total. The van der Waals surface area contributed by atoms with Gasteiger partial charge in [-0.2, -0.15) is 0 Å². The maximum absolute atomic E-state index is 5.55. The smallest absolute Gasteiger partial charge is 0.266 e. The molecule has 1 saturated carbocycles. The van der Waals surface area contributed by atoms with Crippen LogP contribution in [0, 0.1) is 10.3 Å². The van der Waals surface area contributed by atoms with E-state index >= 15 is 0 Å². The SMILES string of the molecule is S=c1[nH]c2c(o1)CC1(CCCC1)CC2. The van der Waals surface area contributed by atoms with Crippen LogP contribution in [0.3, 0.4) is 0 Å². The average Bonchev–Trinajstić information content (AvgIpc) is 2.72. The Kier molecular flexibility index (Phi) is 1.84. The Labute approximate surface area is 88.7 Å². The number of fused-ring (bicyclic) bond motifs is 1. The van der Waals surface area contributed by atoms with Crippen molar-refractivity contribution in [2.24, 2.45) is 5.41 Å². The number of aryl methyl sites for hydroxylation is 1. The van der Waals surface area contributed by atoms with E-state index in [0.29, 0.717) is 10.3 Å². The molecule has 0 bridgehead atoms. The first kappa shape index (κ1) is 8.72. The number of rotatable bonds is 0. The molecule has 1 spiro atoms. The van der Waals surface area contributed by atoms with Crippen molar-refractivity contribution < 1.29 is 4.42 Å². The summed E-state index contributed by atoms with van der Waals surface area (Å²) in [6.45, 7) is 0. The normalized spacial score (nSPS) is 24.0. The van der Waals surface area contributed by atoms with E-state index in [1.165, 1.54) is 37.8 Å². The molecule has 0 aliphatic heterocycles. The van der Waals surface area contributed by atoms with Gasteiger partial charge >= 0.3 is 0 Å². The Hall–Kier alpha value is -0.570. The summed E-state index contributed by atoms with van der Waals surface area (Å²) in [6.07, 6.45) is 9.16. The van der Waals surface area contributed by atoms with Crippen LogP contribution < -0.4 is 0 Å². The second kappa shape index (κ2) is 2.96. The summed E-state index contributed by atoms with van der Waals surface area (Å²) < 4.78 is 5.55. The molecule has 0 unspecified atom stereocenters. The molecule has 1 aromatic heterocycles. The molecule has 1 heterocycles. The predicted octanol–water partition coefficient (Wildman–Crippen LogP) is 3.39. The molecular weight excluding hydrogens is 194 g/mol. The molecular formula is C11H15NOS. The van der Waals surface area contributed by atoms with Crippen molar-refractivity contribution in [1.82, 2.24) is 4.98 Å². The monoisotopic (exact) mass is 209 g/mol. The molecule has 1 N–H and O–H groups in total. The second-order valence-electron chi connectivity index (χ2n) is 4.80. The highest BCUT2D eigenvalue weighted by Gasteiger charge is 2.38. The van der Waals surface area contributed by atoms with Gasteiger partial charge in [-0.05, 0) is 43.3 Å². The first-order valence-electron chi connectivity index (χ1n) is 5.48. The van der Waals surface area contributed by atoms with Crippen LogP contribution in [0.2, 0.25) is 0 Å². The highest BCUT2D eigenvalue weighted by molar-refractivity contribution is 7.71. The molecule has 14 heavy (non-hydrogen) atoms. The van der Waals surface area contributed by atoms with Gasteiger partial charge in [-0.15, -0.1) is 0 Å². The van der Waals surface area contributed by atoms with E-state index in [1.54, 1.807) is 0 Å². The van der Waals surface area contributed by atoms with Crippen molar-refractivity contribution in [2.45, 2.75) is 44.9 Å². The maximum Gasteiger partial charge on any atom is 0.266 e. The zero-order valence-corrected chi connectivity index (χ0v) is 9.08. The van der Waals surface area contributed by atoms with Crippen LogP contribution >= 0.6 is 12.2 Å². The van der Waals surface area contributed by atoms with E-state index in [-0.39, 0.29) is 0 Å². The van der Waals surface area contributed by atoms with Crippen molar-refractivity contribution in [2.75, 3.05) is 0 Å². The Bertz CT molecular complexity index is 398. The molecule has 1 aromatic rings. The maximum atomic E-state index is 5.55. The summed E-state index contributed by atoms with van der Waals surface area (Å²) >= 11 is 5.02. The van der Waals surface area contributed by atoms with Crippen LogP contribution in [0.4, 0.5) is 0 Å². The van der Waals surface area contributed by atoms with E-state index in [4.69, 9.17) is 16.6 Å². The van der Waals surface area contributed by atoms with Crippen LogP contribution in [0.15, 0.2) is 4.42 Å². The minimum atomic E-state index is 0.560. The Morgan fingerprint density at radius 1 is 1.21 bits per heavy atom. The van der Waals surface area contributed by atoms with Crippen LogP contribution in [-0.4, -0.2) is 4.98 Å². The highest BCUT2D eigenvalue weighted by Crippen LogP contribution is 2.47. The summed E-state index contributed by atoms with van der Waals surface area (Å²) in [5.41, 5.74) is 1.83. The van der Waals surface area contributed by atoms with Gasteiger partial charge in [0.15, 0.2) is 0 Å². The molecule has 3 rings (SSSR count). The predicted molar refractivity (Wildman–Crippen MR) is 56.8 cm³/mol. The standard InChI is InChI=1S/C11H15NOS/c14-10-12-8-3-6-11(4-1-2-5-11)7-9(8)13-10/h1-7H2,(H,12,14). The summed E-state index contributed by atoms with van der Waals surface area (Å²) in [7, 11) is 0. The summed E-state index contributed by atoms with van der Waals surface area (Å²) in [5, 5.41) is 0. The van der Waals surface area contributed by atoms with E-state index in [2.05, 4.69) is 4.98 Å². The quantitative estimate of drug-likeness (QED) is 0.663. The van der Waals surface area contributed by atoms with Crippen molar-refractivity contribution in [3.05, 3.63) is 16.3 Å². The van der Waals surface area contributed by atoms with Crippen LogP contribution in [-0.2, 0) is 12.8 Å². The minimum absolute atomic E-state index is 0.560. The largest absolute Gasteiger partial charge is 0.434 e. The summed E-state index contributed by atoms with van der Waals surface area (Å²) in [5.74, 6) is 1.14. The molecule has 3 heteroatoms. The fourth-order valence-corrected chi connectivity index (χ4v) is 3.33. The number of aromatic amines is 1. The van der Waals surface area contributed by atoms with E-state index in [0.717, 1.165) is 18.6 Å². The van der Waals surface area contributed by atoms with Gasteiger partial charge in [0, 0.05) is 6.42 Å². The second-order valence-corrected chi connectivity index (χ2v) is 5.17. The van der Waals surface area contributed by atoms with Crippen molar-refractivity contribution in [3.63, 3.8) is 0 Å². The molecule has 0 atom stereocenters. The third-order valence-corrected chi connectivity index (χ3v) is 4.10. The van der Waals surface area contributed by atoms with Gasteiger partial charge in [-0.3, -0.25) is 0 Å². The number of aromatic nitrogens is 1. The third kappa shape index (κ3) is 1.26. The van der Waals surface area contributed by atoms with E-state index in [1.807, 2.05) is 0 Å². The minimum Gasteiger partial charge on any atom is -0.434 e. The first-order chi connectivity index (χ1) is 6.77. The highest BCUT2D eigenvalue weighted by atomic mass is 32.1. The molecule has 2 aliphatic carbocycles. The summed E-state index contributed by atoms with van der Waals surface area (Å²) in [4.78, 5) is 3.71. The lowest BCUT2D eigenvalue weighted by molar-refractivity contribution is 0.231. The Balaban J connectivity index is 1.95. The lowest BCUT2D eigenvalue weighted by atomic mass is 9.74. The van der Waals surface area contributed by atoms with Gasteiger partial charge in [0.2, 0.25) is 0 Å². The summed E-state index contributed by atoms with van der Waals surface area (Å²) in [6, 6.07) is 0. The van der Waals surface area contributed by atoms with Crippen LogP contribution in [0.1, 0.15) is 43.6 Å². The number of hydrogen-bond donors (Lipinski definition) is 1. The van der Waals surface area contributed by atoms with Gasteiger partial charge in [0.1, 0.15) is 5.76 Å². The van der Waals surface area contributed by atoms with Crippen LogP contribution in [0.25, 0.3) is 0 Å². The fraction of sp³-hybridized carbons (Fsp3) is 0.727. The molecule has 1 fully saturated rings. The van der Waals surface area contributed by atoms with Gasteiger partial charge in [0.25, 0.3) is 4.84 Å². The molecule has 76 valence electrons. The fourth-order valence-electron chi connectivity index (χ4n) is 3.11. The number of oxazole rings is 1. The van der Waals surface area contributed by atoms with E-state index in [9.17, 15) is 0 Å². The molecule has 0 saturated heterocycles. The van der Waals surface area contributed by atoms with Crippen LogP contribution in [0.5, 0.6) is 0 Å². The topological polar surface area (TPSA) is 28.9 Å². The third-order valence-electron chi connectivity index (χ3n) is 3.91. The average molecular weight is 209 g/mol. The Morgan fingerprint density at radius 2 is 2.00 bits per heavy atom. The molecule has 0 radical (unpaired) electrons. The van der Waals surface area contributed by atoms with E-state index < -0.39 is 0 Å². The Morgan fingerprint density at radius 3 is 2.79 bits per heavy atom. The van der Waals surface area contributed by atoms with Gasteiger partial charge in [-0.25, -0.2) is 0 Å². The lowest BCUT2D eigenvalue weighted by Crippen LogP contribution is -2.25. The van der Waals surface area contributed by atoms with Gasteiger partial charge in [-0.1, -0.05) is 12.8 Å². The first-order valence-corrected chi connectivity index (χ1v) is 5.89. The molecule has 0 aromatic carbocycles.